The van der Waals surface area contributed by atoms with Crippen molar-refractivity contribution in [2.24, 2.45) is 0 Å². The summed E-state index contributed by atoms with van der Waals surface area (Å²) in [5.74, 6) is 0. The van der Waals surface area contributed by atoms with E-state index in [1.54, 1.807) is 12.1 Å². The molecular formula is C8H6BrClN4O. The molecule has 0 unspecified atom stereocenters. The van der Waals surface area contributed by atoms with Crippen LogP contribution < -0.4 is 11.1 Å². The van der Waals surface area contributed by atoms with Crippen LogP contribution >= 0.6 is 27.5 Å². The van der Waals surface area contributed by atoms with Gasteiger partial charge in [0.1, 0.15) is 0 Å². The van der Waals surface area contributed by atoms with E-state index in [0.717, 1.165) is 10.2 Å². The van der Waals surface area contributed by atoms with Crippen LogP contribution in [0.2, 0.25) is 5.02 Å². The van der Waals surface area contributed by atoms with Gasteiger partial charge in [-0.05, 0) is 28.1 Å². The van der Waals surface area contributed by atoms with E-state index in [4.69, 9.17) is 21.8 Å². The second kappa shape index (κ2) is 4.08. The Hall–Kier alpha value is -1.27. The van der Waals surface area contributed by atoms with Gasteiger partial charge in [0.15, 0.2) is 0 Å². The first-order valence-electron chi connectivity index (χ1n) is 3.97. The Balaban J connectivity index is 2.28. The smallest absolute Gasteiger partial charge is 0.321 e. The van der Waals surface area contributed by atoms with Crippen LogP contribution in [0.1, 0.15) is 0 Å². The highest BCUT2D eigenvalue weighted by Gasteiger charge is 2.07. The molecule has 0 saturated carbocycles. The number of nitrogens with zero attached hydrogens (tertiary/aromatic N) is 2. The fourth-order valence-corrected chi connectivity index (χ4v) is 1.54. The normalized spacial score (nSPS) is 10.3. The number of hydrogen-bond acceptors (Lipinski definition) is 5. The molecule has 0 aliphatic heterocycles. The first-order chi connectivity index (χ1) is 7.16. The van der Waals surface area contributed by atoms with Crippen LogP contribution in [0, 0.1) is 0 Å². The Bertz CT molecular complexity index is 487. The molecule has 0 radical (unpaired) electrons. The fourth-order valence-electron chi connectivity index (χ4n) is 1.00. The molecule has 0 spiro atoms. The number of benzene rings is 1. The van der Waals surface area contributed by atoms with E-state index in [-0.39, 0.29) is 12.0 Å². The van der Waals surface area contributed by atoms with E-state index in [2.05, 4.69) is 31.4 Å². The third-order valence-electron chi connectivity index (χ3n) is 1.63. The van der Waals surface area contributed by atoms with E-state index in [0.29, 0.717) is 5.02 Å². The zero-order valence-corrected chi connectivity index (χ0v) is 9.71. The van der Waals surface area contributed by atoms with Crippen LogP contribution in [0.5, 0.6) is 0 Å². The van der Waals surface area contributed by atoms with E-state index >= 15 is 0 Å². The van der Waals surface area contributed by atoms with E-state index in [1.165, 1.54) is 0 Å². The lowest BCUT2D eigenvalue weighted by atomic mass is 10.3. The first-order valence-corrected chi connectivity index (χ1v) is 5.14. The molecule has 5 nitrogen and oxygen atoms in total. The number of nitrogens with two attached hydrogens (primary N) is 1. The maximum Gasteiger partial charge on any atom is 0.321 e. The lowest BCUT2D eigenvalue weighted by Gasteiger charge is -2.04. The number of anilines is 3. The lowest BCUT2D eigenvalue weighted by Crippen LogP contribution is -1.91. The van der Waals surface area contributed by atoms with Crippen molar-refractivity contribution in [2.75, 3.05) is 11.1 Å². The molecule has 1 aromatic carbocycles. The fraction of sp³-hybridized carbons (Fsp3) is 0. The van der Waals surface area contributed by atoms with Crippen molar-refractivity contribution in [3.05, 3.63) is 27.7 Å². The molecule has 0 aliphatic carbocycles. The number of aromatic nitrogens is 2. The predicted octanol–water partition coefficient (Wildman–Crippen LogP) is 2.81. The topological polar surface area (TPSA) is 77.0 Å². The monoisotopic (exact) mass is 288 g/mol. The highest BCUT2D eigenvalue weighted by molar-refractivity contribution is 9.10. The Morgan fingerprint density at radius 3 is 2.87 bits per heavy atom. The summed E-state index contributed by atoms with van der Waals surface area (Å²) >= 11 is 9.24. The lowest BCUT2D eigenvalue weighted by molar-refractivity contribution is 0.593. The van der Waals surface area contributed by atoms with Crippen molar-refractivity contribution in [3.8, 4) is 0 Å². The van der Waals surface area contributed by atoms with Gasteiger partial charge in [0.25, 0.3) is 0 Å². The predicted molar refractivity (Wildman–Crippen MR) is 61.1 cm³/mol. The van der Waals surface area contributed by atoms with E-state index in [1.807, 2.05) is 6.07 Å². The van der Waals surface area contributed by atoms with Crippen molar-refractivity contribution >= 4 is 45.2 Å². The second-order valence-electron chi connectivity index (χ2n) is 2.67. The van der Waals surface area contributed by atoms with Crippen LogP contribution in [0.15, 0.2) is 27.1 Å². The first kappa shape index (κ1) is 10.3. The van der Waals surface area contributed by atoms with Gasteiger partial charge in [0.2, 0.25) is 0 Å². The molecule has 0 saturated heterocycles. The van der Waals surface area contributed by atoms with Gasteiger partial charge in [0, 0.05) is 0 Å². The zero-order valence-electron chi connectivity index (χ0n) is 7.37. The third kappa shape index (κ3) is 2.21. The highest BCUT2D eigenvalue weighted by atomic mass is 79.9. The van der Waals surface area contributed by atoms with Gasteiger partial charge in [0.05, 0.1) is 15.2 Å². The molecule has 2 aromatic rings. The molecule has 0 fully saturated rings. The molecular weight excluding hydrogens is 283 g/mol. The Morgan fingerprint density at radius 2 is 2.20 bits per heavy atom. The summed E-state index contributed by atoms with van der Waals surface area (Å²) in [6.45, 7) is 0. The van der Waals surface area contributed by atoms with Crippen LogP contribution in [0.3, 0.4) is 0 Å². The second-order valence-corrected chi connectivity index (χ2v) is 3.87. The number of nitrogen functional groups attached to an aromatic ring is 1. The van der Waals surface area contributed by atoms with E-state index < -0.39 is 0 Å². The Labute approximate surface area is 98.8 Å². The van der Waals surface area contributed by atoms with Crippen molar-refractivity contribution in [2.45, 2.75) is 0 Å². The highest BCUT2D eigenvalue weighted by Crippen LogP contribution is 2.31. The van der Waals surface area contributed by atoms with Gasteiger partial charge in [-0.1, -0.05) is 27.9 Å². The SMILES string of the molecule is Nc1nnc(Nc2cccc(Cl)c2Br)o1. The zero-order chi connectivity index (χ0) is 10.8. The molecule has 2 rings (SSSR count). The minimum absolute atomic E-state index is 0.00986. The molecule has 1 heterocycles. The van der Waals surface area contributed by atoms with Crippen LogP contribution in [0.4, 0.5) is 17.7 Å². The minimum Gasteiger partial charge on any atom is -0.389 e. The standard InChI is InChI=1S/C8H6BrClN4O/c9-6-4(10)2-1-3-5(6)12-8-14-13-7(11)15-8/h1-3H,(H2,11,13)(H,12,14). The quantitative estimate of drug-likeness (QED) is 0.889. The largest absolute Gasteiger partial charge is 0.389 e. The van der Waals surface area contributed by atoms with Crippen LogP contribution in [-0.2, 0) is 0 Å². The maximum atomic E-state index is 5.91. The van der Waals surface area contributed by atoms with Crippen molar-refractivity contribution in [1.29, 1.82) is 0 Å². The van der Waals surface area contributed by atoms with Gasteiger partial charge >= 0.3 is 12.0 Å². The molecule has 0 atom stereocenters. The molecule has 0 aliphatic rings. The van der Waals surface area contributed by atoms with Gasteiger partial charge in [-0.2, -0.15) is 0 Å². The average Bonchev–Trinajstić information content (AvgIpc) is 2.59. The summed E-state index contributed by atoms with van der Waals surface area (Å²) in [4.78, 5) is 0. The number of halogens is 2. The molecule has 0 bridgehead atoms. The van der Waals surface area contributed by atoms with Gasteiger partial charge in [-0.15, -0.1) is 0 Å². The minimum atomic E-state index is 0.00986. The van der Waals surface area contributed by atoms with Gasteiger partial charge < -0.3 is 15.5 Å². The summed E-state index contributed by atoms with van der Waals surface area (Å²) < 4.78 is 5.69. The van der Waals surface area contributed by atoms with E-state index in [9.17, 15) is 0 Å². The number of rotatable bonds is 2. The summed E-state index contributed by atoms with van der Waals surface area (Å²) in [5.41, 5.74) is 6.01. The molecule has 15 heavy (non-hydrogen) atoms. The summed E-state index contributed by atoms with van der Waals surface area (Å²) in [7, 11) is 0. The number of hydrogen-bond donors (Lipinski definition) is 2. The maximum absolute atomic E-state index is 5.91. The molecule has 7 heteroatoms. The van der Waals surface area contributed by atoms with Crippen LogP contribution in [-0.4, -0.2) is 10.2 Å². The Kier molecular flexibility index (Phi) is 2.79. The van der Waals surface area contributed by atoms with Crippen molar-refractivity contribution in [3.63, 3.8) is 0 Å². The summed E-state index contributed by atoms with van der Waals surface area (Å²) in [5, 5.41) is 10.7. The van der Waals surface area contributed by atoms with Crippen molar-refractivity contribution in [1.82, 2.24) is 10.2 Å². The summed E-state index contributed by atoms with van der Waals surface area (Å²) in [6.07, 6.45) is 0. The number of nitrogens with one attached hydrogen (secondary N) is 1. The average molecular weight is 290 g/mol. The molecule has 0 amide bonds. The molecule has 3 N–H and O–H groups in total. The van der Waals surface area contributed by atoms with Crippen LogP contribution in [0.25, 0.3) is 0 Å². The van der Waals surface area contributed by atoms with Crippen molar-refractivity contribution < 1.29 is 4.42 Å². The molecule has 78 valence electrons. The molecule has 1 aromatic heterocycles. The van der Waals surface area contributed by atoms with Gasteiger partial charge in [-0.3, -0.25) is 0 Å². The Morgan fingerprint density at radius 1 is 1.40 bits per heavy atom. The van der Waals surface area contributed by atoms with Gasteiger partial charge in [-0.25, -0.2) is 0 Å². The third-order valence-corrected chi connectivity index (χ3v) is 3.03. The summed E-state index contributed by atoms with van der Waals surface area (Å²) in [6, 6.07) is 5.61.